The molecule has 1 rings (SSSR count). The fourth-order valence-electron chi connectivity index (χ4n) is 2.11. The van der Waals surface area contributed by atoms with E-state index in [0.717, 1.165) is 0 Å². The van der Waals surface area contributed by atoms with Crippen molar-refractivity contribution in [1.29, 1.82) is 0 Å². The summed E-state index contributed by atoms with van der Waals surface area (Å²) in [5, 5.41) is -0.614. The molecule has 0 bridgehead atoms. The van der Waals surface area contributed by atoms with Crippen LogP contribution in [0.4, 0.5) is 0 Å². The van der Waals surface area contributed by atoms with Gasteiger partial charge in [-0.15, -0.1) is 11.6 Å². The van der Waals surface area contributed by atoms with Crippen LogP contribution in [0, 0.1) is 0 Å². The Kier molecular flexibility index (Phi) is 5.69. The Morgan fingerprint density at radius 3 is 2.26 bits per heavy atom. The first-order valence-electron chi connectivity index (χ1n) is 6.43. The molecule has 1 aliphatic rings. The van der Waals surface area contributed by atoms with Gasteiger partial charge in [0.2, 0.25) is 10.0 Å². The number of alkyl halides is 1. The summed E-state index contributed by atoms with van der Waals surface area (Å²) in [6.07, 6.45) is 1.55. The number of hydrogen-bond acceptors (Lipinski definition) is 4. The third-order valence-corrected chi connectivity index (χ3v) is 7.79. The van der Waals surface area contributed by atoms with Crippen LogP contribution in [-0.4, -0.2) is 45.0 Å². The molecule has 0 aromatic carbocycles. The van der Waals surface area contributed by atoms with Crippen molar-refractivity contribution in [1.82, 2.24) is 4.72 Å². The second-order valence-electron chi connectivity index (χ2n) is 5.35. The third-order valence-electron chi connectivity index (χ3n) is 3.76. The molecule has 114 valence electrons. The average Bonchev–Trinajstić information content (AvgIpc) is 2.28. The lowest BCUT2D eigenvalue weighted by Crippen LogP contribution is -2.50. The zero-order valence-electron chi connectivity index (χ0n) is 11.4. The van der Waals surface area contributed by atoms with Gasteiger partial charge in [0.1, 0.15) is 9.84 Å². The molecule has 0 aromatic heterocycles. The Balaban J connectivity index is 2.77. The van der Waals surface area contributed by atoms with E-state index in [0.29, 0.717) is 18.7 Å². The first-order valence-corrected chi connectivity index (χ1v) is 10.3. The molecule has 0 radical (unpaired) electrons. The first-order chi connectivity index (χ1) is 8.64. The predicted octanol–water partition coefficient (Wildman–Crippen LogP) is 1.28. The summed E-state index contributed by atoms with van der Waals surface area (Å²) in [6.45, 7) is 3.73. The van der Waals surface area contributed by atoms with Crippen molar-refractivity contribution >= 4 is 31.5 Å². The van der Waals surface area contributed by atoms with Crippen molar-refractivity contribution in [3.63, 3.8) is 0 Å². The summed E-state index contributed by atoms with van der Waals surface area (Å²) in [5.74, 6) is 0.291. The minimum absolute atomic E-state index is 0.0447. The van der Waals surface area contributed by atoms with Gasteiger partial charge in [0, 0.05) is 11.4 Å². The van der Waals surface area contributed by atoms with Crippen molar-refractivity contribution in [3.05, 3.63) is 0 Å². The van der Waals surface area contributed by atoms with E-state index in [4.69, 9.17) is 11.6 Å². The highest BCUT2D eigenvalue weighted by molar-refractivity contribution is 7.92. The van der Waals surface area contributed by atoms with Crippen LogP contribution in [0.25, 0.3) is 0 Å². The van der Waals surface area contributed by atoms with E-state index in [1.807, 2.05) is 13.8 Å². The predicted molar refractivity (Wildman–Crippen MR) is 77.8 cm³/mol. The van der Waals surface area contributed by atoms with Crippen LogP contribution < -0.4 is 4.72 Å². The lowest BCUT2D eigenvalue weighted by atomic mass is 9.97. The molecule has 1 saturated heterocycles. The zero-order valence-corrected chi connectivity index (χ0v) is 13.7. The van der Waals surface area contributed by atoms with E-state index >= 15 is 0 Å². The van der Waals surface area contributed by atoms with Gasteiger partial charge in [-0.3, -0.25) is 0 Å². The third kappa shape index (κ3) is 4.88. The molecule has 1 N–H and O–H groups in total. The molecule has 0 aromatic rings. The van der Waals surface area contributed by atoms with Crippen LogP contribution in [0.5, 0.6) is 0 Å². The standard InChI is InChI=1S/C11H22ClNO4S2/c1-3-11(2,6-7-12)13-19(16,17)10-4-8-18(14,15)9-5-10/h10,13H,3-9H2,1-2H3. The molecule has 1 fully saturated rings. The second kappa shape index (κ2) is 6.28. The van der Waals surface area contributed by atoms with E-state index in [1.54, 1.807) is 0 Å². The van der Waals surface area contributed by atoms with E-state index in [2.05, 4.69) is 4.72 Å². The molecule has 1 atom stereocenters. The van der Waals surface area contributed by atoms with Crippen LogP contribution in [-0.2, 0) is 19.9 Å². The second-order valence-corrected chi connectivity index (χ2v) is 9.99. The normalized spacial score (nSPS) is 23.9. The van der Waals surface area contributed by atoms with Crippen molar-refractivity contribution in [3.8, 4) is 0 Å². The van der Waals surface area contributed by atoms with Crippen molar-refractivity contribution in [2.75, 3.05) is 17.4 Å². The minimum Gasteiger partial charge on any atom is -0.229 e. The van der Waals surface area contributed by atoms with Crippen molar-refractivity contribution in [2.24, 2.45) is 0 Å². The maximum atomic E-state index is 12.3. The molecule has 1 aliphatic heterocycles. The number of halogens is 1. The largest absolute Gasteiger partial charge is 0.229 e. The Hall–Kier alpha value is 0.150. The monoisotopic (exact) mass is 331 g/mol. The van der Waals surface area contributed by atoms with Crippen LogP contribution in [0.3, 0.4) is 0 Å². The lowest BCUT2D eigenvalue weighted by Gasteiger charge is -2.32. The topological polar surface area (TPSA) is 80.3 Å². The fourth-order valence-corrected chi connectivity index (χ4v) is 6.28. The lowest BCUT2D eigenvalue weighted by molar-refractivity contribution is 0.386. The van der Waals surface area contributed by atoms with Gasteiger partial charge >= 0.3 is 0 Å². The van der Waals surface area contributed by atoms with Crippen LogP contribution >= 0.6 is 11.6 Å². The van der Waals surface area contributed by atoms with Gasteiger partial charge < -0.3 is 0 Å². The highest BCUT2D eigenvalue weighted by atomic mass is 35.5. The van der Waals surface area contributed by atoms with E-state index < -0.39 is 30.6 Å². The summed E-state index contributed by atoms with van der Waals surface area (Å²) in [5.41, 5.74) is -0.559. The maximum absolute atomic E-state index is 12.3. The summed E-state index contributed by atoms with van der Waals surface area (Å²) in [6, 6.07) is 0. The number of sulfone groups is 1. The Morgan fingerprint density at radius 2 is 1.84 bits per heavy atom. The van der Waals surface area contributed by atoms with E-state index in [9.17, 15) is 16.8 Å². The van der Waals surface area contributed by atoms with Gasteiger partial charge in [-0.05, 0) is 32.6 Å². The summed E-state index contributed by atoms with van der Waals surface area (Å²) < 4.78 is 50.0. The minimum atomic E-state index is -3.50. The van der Waals surface area contributed by atoms with Crippen molar-refractivity contribution in [2.45, 2.75) is 50.3 Å². The quantitative estimate of drug-likeness (QED) is 0.743. The highest BCUT2D eigenvalue weighted by Gasteiger charge is 2.36. The maximum Gasteiger partial charge on any atom is 0.215 e. The van der Waals surface area contributed by atoms with Gasteiger partial charge in [-0.25, -0.2) is 21.6 Å². The van der Waals surface area contributed by atoms with Crippen LogP contribution in [0.2, 0.25) is 0 Å². The number of sulfonamides is 1. The number of hydrogen-bond donors (Lipinski definition) is 1. The Bertz CT molecular complexity index is 489. The summed E-state index contributed by atoms with van der Waals surface area (Å²) >= 11 is 5.70. The zero-order chi connectivity index (χ0) is 14.7. The molecule has 1 unspecified atom stereocenters. The smallest absolute Gasteiger partial charge is 0.215 e. The van der Waals surface area contributed by atoms with Gasteiger partial charge in [-0.2, -0.15) is 0 Å². The van der Waals surface area contributed by atoms with Gasteiger partial charge in [0.15, 0.2) is 0 Å². The molecule has 0 aliphatic carbocycles. The fraction of sp³-hybridized carbons (Fsp3) is 1.00. The molecule has 0 spiro atoms. The molecule has 8 heteroatoms. The summed E-state index contributed by atoms with van der Waals surface area (Å²) in [4.78, 5) is 0. The Morgan fingerprint density at radius 1 is 1.32 bits per heavy atom. The molecule has 0 saturated carbocycles. The SMILES string of the molecule is CCC(C)(CCCl)NS(=O)(=O)C1CCS(=O)(=O)CC1. The average molecular weight is 332 g/mol. The molecule has 0 amide bonds. The van der Waals surface area contributed by atoms with Crippen LogP contribution in [0.1, 0.15) is 39.5 Å². The molecule has 19 heavy (non-hydrogen) atoms. The van der Waals surface area contributed by atoms with E-state index in [1.165, 1.54) is 0 Å². The summed E-state index contributed by atoms with van der Waals surface area (Å²) in [7, 11) is -6.55. The van der Waals surface area contributed by atoms with Gasteiger partial charge in [0.25, 0.3) is 0 Å². The molecule has 1 heterocycles. The van der Waals surface area contributed by atoms with Gasteiger partial charge in [0.05, 0.1) is 16.8 Å². The molecular weight excluding hydrogens is 310 g/mol. The van der Waals surface area contributed by atoms with Crippen LogP contribution in [0.15, 0.2) is 0 Å². The van der Waals surface area contributed by atoms with Gasteiger partial charge in [-0.1, -0.05) is 6.92 Å². The molecule has 5 nitrogen and oxygen atoms in total. The Labute approximate surface area is 121 Å². The first kappa shape index (κ1) is 17.2. The van der Waals surface area contributed by atoms with Crippen molar-refractivity contribution < 1.29 is 16.8 Å². The molecular formula is C11H22ClNO4S2. The number of nitrogens with one attached hydrogen (secondary N) is 1. The number of rotatable bonds is 6. The van der Waals surface area contributed by atoms with E-state index in [-0.39, 0.29) is 24.3 Å². The highest BCUT2D eigenvalue weighted by Crippen LogP contribution is 2.23.